The highest BCUT2D eigenvalue weighted by atomic mass is 16.2. The lowest BCUT2D eigenvalue weighted by molar-refractivity contribution is 0.259. The van der Waals surface area contributed by atoms with Crippen LogP contribution >= 0.6 is 0 Å². The lowest BCUT2D eigenvalue weighted by atomic mass is 10.0. The lowest BCUT2D eigenvalue weighted by Gasteiger charge is -2.05. The smallest absolute Gasteiger partial charge is 0.317 e. The largest absolute Gasteiger partial charge is 0.399 e. The Hall–Kier alpha value is -3.25. The molecule has 1 heterocycles. The third-order valence-electron chi connectivity index (χ3n) is 3.86. The van der Waals surface area contributed by atoms with Gasteiger partial charge in [0.1, 0.15) is 5.82 Å². The van der Waals surface area contributed by atoms with E-state index < -0.39 is 6.03 Å². The molecule has 6 nitrogen and oxygen atoms in total. The molecule has 6 heteroatoms. The number of fused-ring (bicyclic) bond motifs is 1. The van der Waals surface area contributed by atoms with E-state index in [1.807, 2.05) is 36.4 Å². The maximum absolute atomic E-state index is 11.2. The summed E-state index contributed by atoms with van der Waals surface area (Å²) in [4.78, 5) is 14.3. The van der Waals surface area contributed by atoms with Crippen LogP contribution in [0.15, 0.2) is 49.0 Å². The van der Waals surface area contributed by atoms with E-state index in [-0.39, 0.29) is 0 Å². The Morgan fingerprint density at radius 3 is 2.54 bits per heavy atom. The minimum atomic E-state index is -0.667. The molecule has 24 heavy (non-hydrogen) atoms. The Morgan fingerprint density at radius 1 is 1.12 bits per heavy atom. The Morgan fingerprint density at radius 2 is 1.88 bits per heavy atom. The van der Waals surface area contributed by atoms with E-state index in [9.17, 15) is 4.79 Å². The molecule has 2 aromatic carbocycles. The van der Waals surface area contributed by atoms with E-state index in [0.29, 0.717) is 23.6 Å². The van der Waals surface area contributed by atoms with Crippen LogP contribution in [0, 0.1) is 0 Å². The van der Waals surface area contributed by atoms with Crippen molar-refractivity contribution >= 4 is 28.4 Å². The second-order valence-corrected chi connectivity index (χ2v) is 5.55. The second kappa shape index (κ2) is 6.10. The first-order valence-electron chi connectivity index (χ1n) is 7.46. The normalized spacial score (nSPS) is 10.7. The van der Waals surface area contributed by atoms with E-state index in [4.69, 9.17) is 17.2 Å². The zero-order valence-corrected chi connectivity index (χ0v) is 13.1. The molecule has 1 aromatic heterocycles. The van der Waals surface area contributed by atoms with Gasteiger partial charge < -0.3 is 22.2 Å². The number of carbonyl (C=O) groups excluding carboxylic acids is 1. The highest BCUT2D eigenvalue weighted by Crippen LogP contribution is 2.32. The summed E-state index contributed by atoms with van der Waals surface area (Å²) < 4.78 is 0. The van der Waals surface area contributed by atoms with Crippen LogP contribution in [0.5, 0.6) is 0 Å². The number of benzene rings is 2. The van der Waals surface area contributed by atoms with Crippen molar-refractivity contribution in [3.63, 3.8) is 0 Å². The number of carbonyl (C=O) groups is 1. The molecule has 0 aliphatic carbocycles. The van der Waals surface area contributed by atoms with Gasteiger partial charge in [-0.15, -0.1) is 0 Å². The highest BCUT2D eigenvalue weighted by Gasteiger charge is 2.14. The molecule has 0 aliphatic rings. The quantitative estimate of drug-likeness (QED) is 0.507. The monoisotopic (exact) mass is 321 g/mol. The average molecular weight is 321 g/mol. The van der Waals surface area contributed by atoms with Crippen molar-refractivity contribution in [1.29, 1.82) is 0 Å². The van der Waals surface area contributed by atoms with Gasteiger partial charge in [0.05, 0.1) is 0 Å². The van der Waals surface area contributed by atoms with Crippen molar-refractivity contribution in [1.82, 2.24) is 4.98 Å². The summed E-state index contributed by atoms with van der Waals surface area (Å²) in [6, 6.07) is 13.3. The number of nitrogens with two attached hydrogens (primary N) is 3. The number of anilines is 1. The molecule has 2 amide bonds. The maximum Gasteiger partial charge on any atom is 0.317 e. The topological polar surface area (TPSA) is 123 Å². The number of amides is 2. The highest BCUT2D eigenvalue weighted by molar-refractivity contribution is 6.02. The van der Waals surface area contributed by atoms with Gasteiger partial charge in [0.25, 0.3) is 0 Å². The summed E-state index contributed by atoms with van der Waals surface area (Å²) in [5, 5.41) is 3.41. The molecule has 0 saturated heterocycles. The van der Waals surface area contributed by atoms with Crippen molar-refractivity contribution < 1.29 is 4.79 Å². The molecular weight excluding hydrogens is 302 g/mol. The maximum atomic E-state index is 11.2. The van der Waals surface area contributed by atoms with Gasteiger partial charge in [0.2, 0.25) is 0 Å². The van der Waals surface area contributed by atoms with E-state index in [0.717, 1.165) is 27.6 Å². The van der Waals surface area contributed by atoms with Gasteiger partial charge in [-0.05, 0) is 28.8 Å². The Balaban J connectivity index is 2.14. The number of aromatic nitrogens is 1. The van der Waals surface area contributed by atoms with Crippen LogP contribution in [0.2, 0.25) is 0 Å². The van der Waals surface area contributed by atoms with Crippen LogP contribution in [-0.4, -0.2) is 11.0 Å². The minimum Gasteiger partial charge on any atom is -0.399 e. The number of hydrogen-bond donors (Lipinski definition) is 5. The fourth-order valence-electron chi connectivity index (χ4n) is 2.81. The molecule has 0 spiro atoms. The first-order valence-corrected chi connectivity index (χ1v) is 7.46. The summed E-state index contributed by atoms with van der Waals surface area (Å²) in [5.41, 5.74) is 21.8. The summed E-state index contributed by atoms with van der Waals surface area (Å²) in [6.07, 6.45) is 0. The first kappa shape index (κ1) is 15.6. The van der Waals surface area contributed by atoms with Crippen LogP contribution in [0.4, 0.5) is 10.6 Å². The molecule has 0 aliphatic heterocycles. The molecule has 8 N–H and O–H groups in total. The lowest BCUT2D eigenvalue weighted by Crippen LogP contribution is -2.20. The minimum absolute atomic E-state index is 0.350. The van der Waals surface area contributed by atoms with Crippen molar-refractivity contribution in [2.24, 2.45) is 17.2 Å². The summed E-state index contributed by atoms with van der Waals surface area (Å²) in [6.45, 7) is 4.26. The molecule has 0 bridgehead atoms. The number of rotatable bonds is 4. The molecule has 0 unspecified atom stereocenters. The van der Waals surface area contributed by atoms with E-state index in [1.54, 1.807) is 0 Å². The predicted molar refractivity (Wildman–Crippen MR) is 98.1 cm³/mol. The van der Waals surface area contributed by atoms with Crippen LogP contribution < -0.4 is 22.5 Å². The van der Waals surface area contributed by atoms with Crippen LogP contribution in [0.1, 0.15) is 11.1 Å². The fourth-order valence-corrected chi connectivity index (χ4v) is 2.81. The number of urea groups is 1. The molecule has 0 atom stereocenters. The molecule has 0 saturated carbocycles. The number of hydrogen-bond acceptors (Lipinski definition) is 3. The zero-order valence-electron chi connectivity index (χ0n) is 13.1. The van der Waals surface area contributed by atoms with Gasteiger partial charge in [0.15, 0.2) is 0 Å². The molecule has 3 aromatic rings. The molecule has 0 fully saturated rings. The Labute approximate surface area is 139 Å². The SMILES string of the molecule is C=C(N)c1c(NC(N)=O)[nH]c2cc(-c3cccc(CN)c3)ccc12. The van der Waals surface area contributed by atoms with Crippen LogP contribution in [0.25, 0.3) is 27.7 Å². The van der Waals surface area contributed by atoms with Gasteiger partial charge in [-0.25, -0.2) is 4.79 Å². The van der Waals surface area contributed by atoms with Crippen molar-refractivity contribution in [2.75, 3.05) is 5.32 Å². The number of aromatic amines is 1. The van der Waals surface area contributed by atoms with Gasteiger partial charge in [-0.3, -0.25) is 5.32 Å². The van der Waals surface area contributed by atoms with Crippen LogP contribution in [-0.2, 0) is 6.54 Å². The Kier molecular flexibility index (Phi) is 3.97. The number of primary amides is 1. The summed E-state index contributed by atoms with van der Waals surface area (Å²) in [5.74, 6) is 0.442. The number of H-pyrrole nitrogens is 1. The number of nitrogens with one attached hydrogen (secondary N) is 2. The molecular formula is C18H19N5O. The summed E-state index contributed by atoms with van der Waals surface area (Å²) >= 11 is 0. The van der Waals surface area contributed by atoms with Crippen molar-refractivity contribution in [2.45, 2.75) is 6.54 Å². The van der Waals surface area contributed by atoms with Crippen LogP contribution in [0.3, 0.4) is 0 Å². The third-order valence-corrected chi connectivity index (χ3v) is 3.86. The zero-order chi connectivity index (χ0) is 17.3. The Bertz CT molecular complexity index is 942. The molecule has 0 radical (unpaired) electrons. The van der Waals surface area contributed by atoms with Gasteiger partial charge in [-0.2, -0.15) is 0 Å². The van der Waals surface area contributed by atoms with Gasteiger partial charge in [0, 0.05) is 28.7 Å². The second-order valence-electron chi connectivity index (χ2n) is 5.55. The molecule has 122 valence electrons. The van der Waals surface area contributed by atoms with Gasteiger partial charge >= 0.3 is 6.03 Å². The van der Waals surface area contributed by atoms with E-state index in [2.05, 4.69) is 22.9 Å². The van der Waals surface area contributed by atoms with E-state index in [1.165, 1.54) is 0 Å². The third kappa shape index (κ3) is 2.82. The fraction of sp³-hybridized carbons (Fsp3) is 0.0556. The predicted octanol–water partition coefficient (Wildman–Crippen LogP) is 2.71. The van der Waals surface area contributed by atoms with Gasteiger partial charge in [-0.1, -0.05) is 36.9 Å². The average Bonchev–Trinajstić information content (AvgIpc) is 2.91. The summed E-state index contributed by atoms with van der Waals surface area (Å²) in [7, 11) is 0. The standard InChI is InChI=1S/C18H19N5O/c1-10(20)16-14-6-5-13(12-4-2-3-11(7-12)9-19)8-15(14)22-17(16)23-18(21)24/h2-8,22H,1,9,19-20H2,(H3,21,23,24). The van der Waals surface area contributed by atoms with Crippen molar-refractivity contribution in [3.05, 3.63) is 60.2 Å². The first-order chi connectivity index (χ1) is 11.5. The van der Waals surface area contributed by atoms with Crippen molar-refractivity contribution in [3.8, 4) is 11.1 Å². The van der Waals surface area contributed by atoms with E-state index >= 15 is 0 Å². The molecule has 3 rings (SSSR count).